The number of aryl methyl sites for hydroxylation is 1. The van der Waals surface area contributed by atoms with Crippen molar-refractivity contribution in [2.75, 3.05) is 45.8 Å². The molecule has 0 aliphatic carbocycles. The first-order chi connectivity index (χ1) is 19.0. The van der Waals surface area contributed by atoms with Gasteiger partial charge in [0.25, 0.3) is 0 Å². The molecule has 11 nitrogen and oxygen atoms in total. The van der Waals surface area contributed by atoms with Crippen LogP contribution in [0.25, 0.3) is 10.9 Å². The zero-order chi connectivity index (χ0) is 28.6. The van der Waals surface area contributed by atoms with Gasteiger partial charge in [0.15, 0.2) is 0 Å². The molecule has 216 valence electrons. The molecule has 5 rings (SSSR count). The number of hydrogen-bond acceptors (Lipinski definition) is 7. The first-order valence-electron chi connectivity index (χ1n) is 14.3. The number of amides is 4. The largest absolute Gasteiger partial charge is 0.444 e. The van der Waals surface area contributed by atoms with Crippen LogP contribution >= 0.6 is 0 Å². The molecule has 3 fully saturated rings. The Morgan fingerprint density at radius 3 is 2.33 bits per heavy atom. The maximum absolute atomic E-state index is 13.0. The Morgan fingerprint density at radius 1 is 1.00 bits per heavy atom. The van der Waals surface area contributed by atoms with Gasteiger partial charge in [-0.05, 0) is 70.7 Å². The van der Waals surface area contributed by atoms with E-state index in [0.29, 0.717) is 51.5 Å². The fraction of sp³-hybridized carbons (Fsp3) is 0.621. The molecule has 0 bridgehead atoms. The molecule has 3 aliphatic heterocycles. The van der Waals surface area contributed by atoms with Gasteiger partial charge < -0.3 is 14.5 Å². The van der Waals surface area contributed by atoms with Crippen LogP contribution in [0.5, 0.6) is 0 Å². The van der Waals surface area contributed by atoms with Gasteiger partial charge in [-0.25, -0.2) is 4.79 Å². The molecule has 1 N–H and O–H groups in total. The van der Waals surface area contributed by atoms with Crippen LogP contribution in [-0.2, 0) is 26.2 Å². The van der Waals surface area contributed by atoms with Crippen molar-refractivity contribution in [1.29, 1.82) is 0 Å². The summed E-state index contributed by atoms with van der Waals surface area (Å²) in [4.78, 5) is 55.0. The highest BCUT2D eigenvalue weighted by Gasteiger charge is 2.33. The van der Waals surface area contributed by atoms with Crippen molar-refractivity contribution in [3.8, 4) is 0 Å². The van der Waals surface area contributed by atoms with Gasteiger partial charge in [-0.2, -0.15) is 5.10 Å². The molecule has 3 saturated heterocycles. The van der Waals surface area contributed by atoms with Crippen LogP contribution in [0.1, 0.15) is 69.5 Å². The number of nitrogens with one attached hydrogen (secondary N) is 1. The monoisotopic (exact) mass is 552 g/mol. The fourth-order valence-electron chi connectivity index (χ4n) is 5.95. The van der Waals surface area contributed by atoms with Gasteiger partial charge in [0.05, 0.1) is 23.7 Å². The molecular formula is C29H40N6O5. The first-order valence-corrected chi connectivity index (χ1v) is 14.3. The molecule has 40 heavy (non-hydrogen) atoms. The molecule has 1 aromatic heterocycles. The van der Waals surface area contributed by atoms with Crippen molar-refractivity contribution in [2.45, 2.75) is 63.9 Å². The molecule has 4 heterocycles. The summed E-state index contributed by atoms with van der Waals surface area (Å²) in [6.45, 7) is 9.68. The third kappa shape index (κ3) is 6.14. The number of aromatic nitrogens is 2. The zero-order valence-corrected chi connectivity index (χ0v) is 23.9. The lowest BCUT2D eigenvalue weighted by molar-refractivity contribution is -0.135. The van der Waals surface area contributed by atoms with E-state index in [1.165, 1.54) is 5.56 Å². The van der Waals surface area contributed by atoms with E-state index in [4.69, 9.17) is 4.74 Å². The number of benzene rings is 1. The second-order valence-corrected chi connectivity index (χ2v) is 12.2. The van der Waals surface area contributed by atoms with E-state index < -0.39 is 11.5 Å². The third-order valence-corrected chi connectivity index (χ3v) is 8.18. The predicted molar refractivity (Wildman–Crippen MR) is 149 cm³/mol. The van der Waals surface area contributed by atoms with Crippen LogP contribution in [0.3, 0.4) is 0 Å². The molecule has 3 aliphatic rings. The number of rotatable bonds is 4. The summed E-state index contributed by atoms with van der Waals surface area (Å²) in [5, 5.41) is 8.05. The summed E-state index contributed by atoms with van der Waals surface area (Å²) in [5.74, 6) is -0.403. The Kier molecular flexibility index (Phi) is 7.85. The van der Waals surface area contributed by atoms with E-state index in [1.807, 2.05) is 37.4 Å². The van der Waals surface area contributed by atoms with Crippen molar-refractivity contribution in [3.05, 3.63) is 29.5 Å². The number of imide groups is 1. The molecule has 1 aromatic carbocycles. The zero-order valence-electron chi connectivity index (χ0n) is 23.9. The Balaban J connectivity index is 1.13. The lowest BCUT2D eigenvalue weighted by atomic mass is 9.88. The highest BCUT2D eigenvalue weighted by Crippen LogP contribution is 2.34. The van der Waals surface area contributed by atoms with Gasteiger partial charge >= 0.3 is 6.09 Å². The van der Waals surface area contributed by atoms with Crippen molar-refractivity contribution < 1.29 is 23.9 Å². The van der Waals surface area contributed by atoms with E-state index in [1.54, 1.807) is 4.90 Å². The van der Waals surface area contributed by atoms with Crippen LogP contribution in [-0.4, -0.2) is 99.7 Å². The first kappa shape index (κ1) is 28.1. The minimum absolute atomic E-state index is 0.111. The summed E-state index contributed by atoms with van der Waals surface area (Å²) in [6, 6.07) is 6.37. The number of fused-ring (bicyclic) bond motifs is 1. The van der Waals surface area contributed by atoms with Crippen molar-refractivity contribution >= 4 is 34.7 Å². The van der Waals surface area contributed by atoms with Crippen molar-refractivity contribution in [2.24, 2.45) is 7.05 Å². The molecule has 1 atom stereocenters. The Bertz CT molecular complexity index is 1300. The molecule has 0 spiro atoms. The number of hydrogen-bond donors (Lipinski definition) is 1. The Hall–Kier alpha value is -3.47. The number of piperidine rings is 2. The van der Waals surface area contributed by atoms with Crippen molar-refractivity contribution in [3.63, 3.8) is 0 Å². The smallest absolute Gasteiger partial charge is 0.410 e. The molecule has 11 heteroatoms. The minimum atomic E-state index is -0.529. The van der Waals surface area contributed by atoms with Crippen LogP contribution in [0, 0.1) is 0 Å². The number of likely N-dealkylation sites (tertiary alicyclic amines) is 1. The van der Waals surface area contributed by atoms with Gasteiger partial charge in [-0.15, -0.1) is 0 Å². The molecule has 1 unspecified atom stereocenters. The summed E-state index contributed by atoms with van der Waals surface area (Å²) in [6.07, 6.45) is 2.41. The maximum atomic E-state index is 13.0. The number of nitrogens with zero attached hydrogens (tertiary/aromatic N) is 5. The van der Waals surface area contributed by atoms with Crippen LogP contribution in [0.15, 0.2) is 18.2 Å². The Labute approximate surface area is 234 Å². The molecule has 0 saturated carbocycles. The number of carbonyl (C=O) groups excluding carboxylic acids is 4. The predicted octanol–water partition coefficient (Wildman–Crippen LogP) is 2.35. The highest BCUT2D eigenvalue weighted by molar-refractivity contribution is 6.02. The second-order valence-electron chi connectivity index (χ2n) is 12.2. The Morgan fingerprint density at radius 2 is 1.68 bits per heavy atom. The maximum Gasteiger partial charge on any atom is 0.410 e. The number of carbonyl (C=O) groups is 4. The SMILES string of the molecule is Cn1nc(C2CCC(=O)NC2=O)c2ccc(C3CCN(CC(=O)N4CCN(C(=O)OC(C)(C)C)CC4)CC3)cc21. The normalized spacial score (nSPS) is 21.6. The van der Waals surface area contributed by atoms with Crippen LogP contribution in [0.4, 0.5) is 4.79 Å². The molecule has 0 radical (unpaired) electrons. The number of piperazine rings is 1. The third-order valence-electron chi connectivity index (χ3n) is 8.18. The summed E-state index contributed by atoms with van der Waals surface area (Å²) in [5.41, 5.74) is 2.43. The van der Waals surface area contributed by atoms with Crippen molar-refractivity contribution in [1.82, 2.24) is 29.8 Å². The molecular weight excluding hydrogens is 512 g/mol. The fourth-order valence-corrected chi connectivity index (χ4v) is 5.95. The molecule has 2 aromatic rings. The van der Waals surface area contributed by atoms with Gasteiger partial charge in [0.2, 0.25) is 17.7 Å². The highest BCUT2D eigenvalue weighted by atomic mass is 16.6. The van der Waals surface area contributed by atoms with Gasteiger partial charge in [0, 0.05) is 45.0 Å². The summed E-state index contributed by atoms with van der Waals surface area (Å²) < 4.78 is 7.28. The van der Waals surface area contributed by atoms with E-state index in [9.17, 15) is 19.2 Å². The second kappa shape index (κ2) is 11.2. The summed E-state index contributed by atoms with van der Waals surface area (Å²) in [7, 11) is 1.89. The van der Waals surface area contributed by atoms with E-state index in [2.05, 4.69) is 33.5 Å². The van der Waals surface area contributed by atoms with Gasteiger partial charge in [-0.3, -0.25) is 29.3 Å². The number of ether oxygens (including phenoxy) is 1. The molecule has 4 amide bonds. The summed E-state index contributed by atoms with van der Waals surface area (Å²) >= 11 is 0. The lowest BCUT2D eigenvalue weighted by Crippen LogP contribution is -2.53. The van der Waals surface area contributed by atoms with Gasteiger partial charge in [-0.1, -0.05) is 12.1 Å². The average molecular weight is 553 g/mol. The topological polar surface area (TPSA) is 117 Å². The minimum Gasteiger partial charge on any atom is -0.444 e. The van der Waals surface area contributed by atoms with E-state index >= 15 is 0 Å². The van der Waals surface area contributed by atoms with E-state index in [-0.39, 0.29) is 23.8 Å². The average Bonchev–Trinajstić information content (AvgIpc) is 3.23. The lowest BCUT2D eigenvalue weighted by Gasteiger charge is -2.37. The van der Waals surface area contributed by atoms with Crippen LogP contribution in [0.2, 0.25) is 0 Å². The van der Waals surface area contributed by atoms with Gasteiger partial charge in [0.1, 0.15) is 5.60 Å². The quantitative estimate of drug-likeness (QED) is 0.579. The standard InChI is InChI=1S/C29H40N6O5/c1-29(2,3)40-28(39)35-15-13-34(14-16-35)25(37)18-33-11-9-19(10-12-33)20-5-6-21-23(17-20)32(4)31-26(21)22-7-8-24(36)30-27(22)38/h5-6,17,19,22H,7-16,18H2,1-4H3,(H,30,36,38). The van der Waals surface area contributed by atoms with E-state index in [0.717, 1.165) is 42.5 Å². The van der Waals surface area contributed by atoms with Crippen LogP contribution < -0.4 is 5.32 Å².